The fourth-order valence-electron chi connectivity index (χ4n) is 5.01. The van der Waals surface area contributed by atoms with Crippen molar-refractivity contribution in [2.75, 3.05) is 5.32 Å². The number of amides is 4. The Balaban J connectivity index is 1.90. The van der Waals surface area contributed by atoms with E-state index in [1.165, 1.54) is 4.90 Å². The fourth-order valence-corrected chi connectivity index (χ4v) is 5.23. The first-order chi connectivity index (χ1) is 13.2. The molecule has 28 heavy (non-hydrogen) atoms. The molecule has 0 aromatic heterocycles. The minimum absolute atomic E-state index is 0.0978. The van der Waals surface area contributed by atoms with E-state index >= 15 is 0 Å². The van der Waals surface area contributed by atoms with E-state index < -0.39 is 35.2 Å². The Kier molecular flexibility index (Phi) is 4.24. The van der Waals surface area contributed by atoms with Crippen LogP contribution in [0.25, 0.3) is 0 Å². The van der Waals surface area contributed by atoms with E-state index in [9.17, 15) is 19.2 Å². The van der Waals surface area contributed by atoms with Gasteiger partial charge in [0.15, 0.2) is 0 Å². The molecule has 1 aromatic carbocycles. The Bertz CT molecular complexity index is 919. The van der Waals surface area contributed by atoms with Gasteiger partial charge in [-0.25, -0.2) is 0 Å². The van der Waals surface area contributed by atoms with Gasteiger partial charge in [-0.1, -0.05) is 24.6 Å². The van der Waals surface area contributed by atoms with Gasteiger partial charge < -0.3 is 16.4 Å². The van der Waals surface area contributed by atoms with E-state index in [0.717, 1.165) is 0 Å². The maximum absolute atomic E-state index is 13.4. The number of para-hydroxylation sites is 1. The zero-order valence-electron chi connectivity index (χ0n) is 15.6. The molecule has 4 rings (SSSR count). The summed E-state index contributed by atoms with van der Waals surface area (Å²) in [4.78, 5) is 52.7. The first-order valence-electron chi connectivity index (χ1n) is 9.35. The fraction of sp³-hybridized carbons (Fsp3) is 0.474. The first kappa shape index (κ1) is 18.9. The van der Waals surface area contributed by atoms with Crippen LogP contribution in [0, 0.1) is 11.8 Å². The molecule has 1 aromatic rings. The predicted octanol–water partition coefficient (Wildman–Crippen LogP) is -0.292. The molecule has 3 aliphatic heterocycles. The normalized spacial score (nSPS) is 31.9. The van der Waals surface area contributed by atoms with Gasteiger partial charge in [-0.2, -0.15) is 0 Å². The summed E-state index contributed by atoms with van der Waals surface area (Å²) in [5.74, 6) is -3.39. The number of carbonyl (C=O) groups excluding carboxylic acids is 4. The van der Waals surface area contributed by atoms with Crippen molar-refractivity contribution in [2.24, 2.45) is 17.6 Å². The van der Waals surface area contributed by atoms with Crippen LogP contribution in [0.1, 0.15) is 32.3 Å². The van der Waals surface area contributed by atoms with E-state index in [1.807, 2.05) is 6.92 Å². The quantitative estimate of drug-likeness (QED) is 0.595. The number of fused-ring (bicyclic) bond motifs is 4. The van der Waals surface area contributed by atoms with E-state index in [2.05, 4.69) is 5.32 Å². The summed E-state index contributed by atoms with van der Waals surface area (Å²) >= 11 is 6.26. The number of likely N-dealkylation sites (tertiary alicyclic amines) is 1. The average molecular weight is 406 g/mol. The Hall–Kier alpha value is -2.45. The second-order valence-electron chi connectivity index (χ2n) is 7.79. The van der Waals surface area contributed by atoms with Crippen LogP contribution in [0.4, 0.5) is 5.69 Å². The summed E-state index contributed by atoms with van der Waals surface area (Å²) in [6, 6.07) is 4.22. The topological polar surface area (TPSA) is 126 Å². The number of rotatable bonds is 4. The van der Waals surface area contributed by atoms with Crippen molar-refractivity contribution in [3.8, 4) is 0 Å². The molecule has 8 nitrogen and oxygen atoms in total. The van der Waals surface area contributed by atoms with Crippen molar-refractivity contribution >= 4 is 40.9 Å². The zero-order valence-corrected chi connectivity index (χ0v) is 16.3. The maximum Gasteiger partial charge on any atom is 0.291 e. The molecule has 2 fully saturated rings. The van der Waals surface area contributed by atoms with Crippen molar-refractivity contribution in [3.63, 3.8) is 0 Å². The molecule has 3 aliphatic rings. The Morgan fingerprint density at radius 3 is 2.71 bits per heavy atom. The monoisotopic (exact) mass is 405 g/mol. The lowest BCUT2D eigenvalue weighted by Crippen LogP contribution is -2.99. The Morgan fingerprint density at radius 1 is 1.36 bits per heavy atom. The smallest absolute Gasteiger partial charge is 0.291 e. The van der Waals surface area contributed by atoms with E-state index in [1.54, 1.807) is 30.4 Å². The number of nitrogens with one attached hydrogen (secondary N) is 1. The summed E-state index contributed by atoms with van der Waals surface area (Å²) in [5, 5.41) is 4.82. The highest BCUT2D eigenvalue weighted by molar-refractivity contribution is 6.35. The van der Waals surface area contributed by atoms with Gasteiger partial charge in [-0.3, -0.25) is 24.1 Å². The van der Waals surface area contributed by atoms with Crippen LogP contribution in [0.2, 0.25) is 5.02 Å². The first-order valence-corrected chi connectivity index (χ1v) is 9.73. The number of nitrogens with two attached hydrogens (primary N) is 2. The molecule has 1 spiro atoms. The molecule has 5 atom stereocenters. The van der Waals surface area contributed by atoms with Gasteiger partial charge in [-0.05, 0) is 25.5 Å². The molecule has 148 valence electrons. The minimum atomic E-state index is -1.33. The second-order valence-corrected chi connectivity index (χ2v) is 8.20. The Labute approximate surface area is 166 Å². The molecule has 0 radical (unpaired) electrons. The summed E-state index contributed by atoms with van der Waals surface area (Å²) < 4.78 is 0. The maximum atomic E-state index is 13.4. The van der Waals surface area contributed by atoms with Crippen molar-refractivity contribution < 1.29 is 24.5 Å². The standard InChI is InChI=1S/C19H21ClN4O4/c1-3-8(2)24-16(26)13-11(7-12(21)25)23-19(14(13)17(24)27)9-5-4-6-10(20)15(9)22-18(19)28/h4-6,8,11,13-14,23H,3,7H2,1-2H3,(H2,21,25)(H,22,28)/p+1/t8-,11+,13+,14-,19+/m0/s1. The number of benzene rings is 1. The van der Waals surface area contributed by atoms with Gasteiger partial charge in [0.1, 0.15) is 17.9 Å². The average Bonchev–Trinajstić information content (AvgIpc) is 3.21. The molecular formula is C19H22ClN4O4+. The lowest BCUT2D eigenvalue weighted by atomic mass is 9.76. The van der Waals surface area contributed by atoms with E-state index in [0.29, 0.717) is 22.7 Å². The second kappa shape index (κ2) is 6.28. The largest absolute Gasteiger partial charge is 0.369 e. The zero-order chi connectivity index (χ0) is 20.4. The molecule has 9 heteroatoms. The molecule has 3 heterocycles. The number of carbonyl (C=O) groups is 4. The highest BCUT2D eigenvalue weighted by Gasteiger charge is 2.74. The van der Waals surface area contributed by atoms with Crippen LogP contribution >= 0.6 is 11.6 Å². The SMILES string of the molecule is CC[C@H](C)N1C(=O)[C@H]2[C@@H](C1=O)[C@@]1([NH2+][C@@H]2CC(N)=O)C(=O)Nc2c(Cl)cccc21. The lowest BCUT2D eigenvalue weighted by Gasteiger charge is -2.28. The molecule has 2 saturated heterocycles. The van der Waals surface area contributed by atoms with Crippen LogP contribution in [-0.4, -0.2) is 40.6 Å². The summed E-state index contributed by atoms with van der Waals surface area (Å²) in [7, 11) is 0. The highest BCUT2D eigenvalue weighted by atomic mass is 35.5. The third-order valence-corrected chi connectivity index (χ3v) is 6.67. The number of quaternary nitrogens is 1. The highest BCUT2D eigenvalue weighted by Crippen LogP contribution is 2.51. The number of primary amides is 1. The van der Waals surface area contributed by atoms with E-state index in [-0.39, 0.29) is 24.3 Å². The van der Waals surface area contributed by atoms with Crippen molar-refractivity contribution in [2.45, 2.75) is 44.3 Å². The van der Waals surface area contributed by atoms with E-state index in [4.69, 9.17) is 17.3 Å². The van der Waals surface area contributed by atoms with Gasteiger partial charge in [-0.15, -0.1) is 0 Å². The number of anilines is 1. The van der Waals surface area contributed by atoms with Crippen molar-refractivity contribution in [3.05, 3.63) is 28.8 Å². The van der Waals surface area contributed by atoms with Crippen LogP contribution in [0.15, 0.2) is 18.2 Å². The van der Waals surface area contributed by atoms with Gasteiger partial charge in [0.25, 0.3) is 5.91 Å². The predicted molar refractivity (Wildman–Crippen MR) is 99.9 cm³/mol. The molecule has 0 saturated carbocycles. The number of hydrogen-bond acceptors (Lipinski definition) is 4. The van der Waals surface area contributed by atoms with Gasteiger partial charge in [0.05, 0.1) is 17.1 Å². The molecule has 0 unspecified atom stereocenters. The molecule has 4 amide bonds. The van der Waals surface area contributed by atoms with Gasteiger partial charge in [0, 0.05) is 11.6 Å². The van der Waals surface area contributed by atoms with Gasteiger partial charge >= 0.3 is 0 Å². The third kappa shape index (κ3) is 2.28. The Morgan fingerprint density at radius 2 is 2.07 bits per heavy atom. The molecule has 0 aliphatic carbocycles. The molecule has 0 bridgehead atoms. The van der Waals surface area contributed by atoms with Crippen LogP contribution in [-0.2, 0) is 24.7 Å². The number of nitrogens with zero attached hydrogens (tertiary/aromatic N) is 1. The summed E-state index contributed by atoms with van der Waals surface area (Å²) in [6.07, 6.45) is 0.502. The lowest BCUT2D eigenvalue weighted by molar-refractivity contribution is -0.732. The third-order valence-electron chi connectivity index (χ3n) is 6.36. The van der Waals surface area contributed by atoms with Gasteiger partial charge in [0.2, 0.25) is 23.3 Å². The number of imide groups is 1. The van der Waals surface area contributed by atoms with Crippen LogP contribution < -0.4 is 16.4 Å². The number of hydrogen-bond donors (Lipinski definition) is 3. The minimum Gasteiger partial charge on any atom is -0.369 e. The summed E-state index contributed by atoms with van der Waals surface area (Å²) in [5.41, 5.74) is 5.09. The van der Waals surface area contributed by atoms with Crippen molar-refractivity contribution in [1.29, 1.82) is 0 Å². The number of halogens is 1. The van der Waals surface area contributed by atoms with Crippen LogP contribution in [0.3, 0.4) is 0 Å². The van der Waals surface area contributed by atoms with Crippen molar-refractivity contribution in [1.82, 2.24) is 4.90 Å². The molecule has 5 N–H and O–H groups in total. The summed E-state index contributed by atoms with van der Waals surface area (Å²) in [6.45, 7) is 3.69. The van der Waals surface area contributed by atoms with Crippen LogP contribution in [0.5, 0.6) is 0 Å². The molecular weight excluding hydrogens is 384 g/mol.